The largest absolute Gasteiger partial charge is 0.495 e. The second kappa shape index (κ2) is 15.9. The first-order valence-electron chi connectivity index (χ1n) is 16.8. The van der Waals surface area contributed by atoms with E-state index in [4.69, 9.17) is 40.0 Å². The third-order valence-corrected chi connectivity index (χ3v) is 10.2. The smallest absolute Gasteiger partial charge is 0.409 e. The molecule has 0 saturated carbocycles. The molecule has 1 unspecified atom stereocenters. The van der Waals surface area contributed by atoms with Crippen LogP contribution < -0.4 is 20.3 Å². The molecule has 9 atom stereocenters. The standard InChI is InChI=1S/C36H50ClN3O11/c1-18(2)32(42)38-21(5)33(43)50-27-16-28(41)40(7)23-14-22(15-24(46-8)29(23)37)30(48-10)19(3)12-11-13-26(47-9)36(45)17-25(49-34(44)39-36)20(4)31-35(27,6)51-31/h11-15,18,20-21,25-27,30-31,45H,16-17H2,1-10H3,(H,38,42)(H,39,44)/b13-11+,19-12+/t20-,21+,25+,26-,27+,30?,31+,35+,36+/m1/s1. The summed E-state index contributed by atoms with van der Waals surface area (Å²) in [5, 5.41) is 17.0. The van der Waals surface area contributed by atoms with Gasteiger partial charge in [0.15, 0.2) is 5.72 Å². The first-order chi connectivity index (χ1) is 23.9. The summed E-state index contributed by atoms with van der Waals surface area (Å²) in [7, 11) is 5.95. The van der Waals surface area contributed by atoms with Crippen LogP contribution in [0.2, 0.25) is 5.02 Å². The number of amides is 3. The second-order valence-electron chi connectivity index (χ2n) is 13.9. The SMILES string of the molecule is COc1cc2cc(c1Cl)N(C)C(=O)C[C@H](OC(=O)[C@H](C)NC(=O)C(C)C)[C@]1(C)O[C@H]1[C@H](C)[C@@H]1C[C@@](O)(NC(=O)O1)[C@H](OC)/C=C/C=C(\C)C2OC. The summed E-state index contributed by atoms with van der Waals surface area (Å²) >= 11 is 6.77. The number of epoxide rings is 1. The lowest BCUT2D eigenvalue weighted by molar-refractivity contribution is -0.157. The van der Waals surface area contributed by atoms with Gasteiger partial charge in [-0.25, -0.2) is 9.59 Å². The van der Waals surface area contributed by atoms with E-state index in [0.717, 1.165) is 5.57 Å². The number of esters is 1. The van der Waals surface area contributed by atoms with Crippen LogP contribution in [0.15, 0.2) is 35.9 Å². The highest BCUT2D eigenvalue weighted by Gasteiger charge is 2.64. The van der Waals surface area contributed by atoms with Crippen molar-refractivity contribution in [1.82, 2.24) is 10.6 Å². The lowest BCUT2D eigenvalue weighted by Gasteiger charge is -2.42. The maximum Gasteiger partial charge on any atom is 0.409 e. The van der Waals surface area contributed by atoms with Gasteiger partial charge in [-0.05, 0) is 44.0 Å². The van der Waals surface area contributed by atoms with E-state index in [1.165, 1.54) is 33.2 Å². The van der Waals surface area contributed by atoms with E-state index in [9.17, 15) is 24.3 Å². The molecule has 4 rings (SSSR count). The highest BCUT2D eigenvalue weighted by atomic mass is 35.5. The predicted molar refractivity (Wildman–Crippen MR) is 187 cm³/mol. The van der Waals surface area contributed by atoms with Gasteiger partial charge in [0.05, 0.1) is 25.3 Å². The molecule has 3 heterocycles. The fourth-order valence-electron chi connectivity index (χ4n) is 6.58. The molecule has 0 aromatic heterocycles. The minimum atomic E-state index is -1.86. The minimum absolute atomic E-state index is 0.0728. The number of nitrogens with one attached hydrogen (secondary N) is 2. The molecule has 3 amide bonds. The van der Waals surface area contributed by atoms with Gasteiger partial charge >= 0.3 is 12.1 Å². The Balaban J connectivity index is 1.82. The molecule has 2 saturated heterocycles. The van der Waals surface area contributed by atoms with Crippen molar-refractivity contribution in [2.75, 3.05) is 33.3 Å². The third kappa shape index (κ3) is 8.52. The number of carbonyl (C=O) groups excluding carboxylic acids is 4. The lowest BCUT2D eigenvalue weighted by atomic mass is 9.83. The maximum atomic E-state index is 14.1. The van der Waals surface area contributed by atoms with E-state index in [-0.39, 0.29) is 29.7 Å². The summed E-state index contributed by atoms with van der Waals surface area (Å²) in [6, 6.07) is 2.40. The van der Waals surface area contributed by atoms with E-state index in [0.29, 0.717) is 17.0 Å². The minimum Gasteiger partial charge on any atom is -0.495 e. The van der Waals surface area contributed by atoms with Crippen LogP contribution >= 0.6 is 11.6 Å². The van der Waals surface area contributed by atoms with Crippen molar-refractivity contribution in [3.8, 4) is 5.75 Å². The summed E-state index contributed by atoms with van der Waals surface area (Å²) in [6.07, 6.45) is -0.457. The van der Waals surface area contributed by atoms with Crippen LogP contribution in [0.25, 0.3) is 0 Å². The van der Waals surface area contributed by atoms with E-state index in [1.54, 1.807) is 65.1 Å². The van der Waals surface area contributed by atoms with Crippen molar-refractivity contribution in [2.24, 2.45) is 11.8 Å². The zero-order valence-electron chi connectivity index (χ0n) is 30.8. The van der Waals surface area contributed by atoms with Gasteiger partial charge in [0, 0.05) is 39.5 Å². The van der Waals surface area contributed by atoms with Crippen LogP contribution in [0, 0.1) is 11.8 Å². The summed E-state index contributed by atoms with van der Waals surface area (Å²) in [6.45, 7) is 10.2. The average molecular weight is 736 g/mol. The number of benzene rings is 1. The van der Waals surface area contributed by atoms with Crippen LogP contribution in [-0.2, 0) is 38.1 Å². The number of nitrogens with zero attached hydrogens (tertiary/aromatic N) is 1. The quantitative estimate of drug-likeness (QED) is 0.273. The Morgan fingerprint density at radius 3 is 2.45 bits per heavy atom. The van der Waals surface area contributed by atoms with E-state index in [2.05, 4.69) is 10.6 Å². The highest BCUT2D eigenvalue weighted by Crippen LogP contribution is 2.49. The summed E-state index contributed by atoms with van der Waals surface area (Å²) < 4.78 is 34.9. The third-order valence-electron chi connectivity index (χ3n) is 9.86. The first-order valence-corrected chi connectivity index (χ1v) is 17.2. The molecule has 0 aliphatic carbocycles. The molecule has 15 heteroatoms. The van der Waals surface area contributed by atoms with Crippen molar-refractivity contribution in [1.29, 1.82) is 0 Å². The Kier molecular flexibility index (Phi) is 12.5. The summed E-state index contributed by atoms with van der Waals surface area (Å²) in [5.41, 5.74) is -1.39. The first kappa shape index (κ1) is 40.1. The van der Waals surface area contributed by atoms with Gasteiger partial charge in [0.25, 0.3) is 0 Å². The Hall–Kier alpha value is -3.69. The number of carbonyl (C=O) groups is 4. The molecule has 3 aliphatic heterocycles. The number of allylic oxidation sites excluding steroid dienone is 2. The number of rotatable bonds is 7. The molecule has 2 fully saturated rings. The van der Waals surface area contributed by atoms with Crippen molar-refractivity contribution in [3.05, 3.63) is 46.5 Å². The molecule has 3 N–H and O–H groups in total. The Bertz CT molecular complexity index is 1570. The van der Waals surface area contributed by atoms with E-state index < -0.39 is 71.8 Å². The van der Waals surface area contributed by atoms with Crippen molar-refractivity contribution in [3.63, 3.8) is 0 Å². The molecule has 51 heavy (non-hydrogen) atoms. The lowest BCUT2D eigenvalue weighted by Crippen LogP contribution is -2.63. The number of hydrogen-bond acceptors (Lipinski definition) is 11. The number of fused-ring (bicyclic) bond motifs is 5. The van der Waals surface area contributed by atoms with E-state index >= 15 is 0 Å². The number of alkyl carbamates (subject to hydrolysis) is 1. The Morgan fingerprint density at radius 1 is 1.16 bits per heavy atom. The van der Waals surface area contributed by atoms with Crippen molar-refractivity contribution < 1.29 is 52.7 Å². The fraction of sp³-hybridized carbons (Fsp3) is 0.611. The second-order valence-corrected chi connectivity index (χ2v) is 14.2. The molecule has 282 valence electrons. The number of halogens is 1. The summed E-state index contributed by atoms with van der Waals surface area (Å²) in [5.74, 6) is -2.20. The van der Waals surface area contributed by atoms with Crippen LogP contribution in [0.4, 0.5) is 10.5 Å². The Morgan fingerprint density at radius 2 is 1.84 bits per heavy atom. The number of aliphatic hydroxyl groups is 1. The molecule has 1 aromatic carbocycles. The monoisotopic (exact) mass is 735 g/mol. The average Bonchev–Trinajstić information content (AvgIpc) is 3.77. The predicted octanol–water partition coefficient (Wildman–Crippen LogP) is 3.97. The molecule has 3 aliphatic rings. The fourth-order valence-corrected chi connectivity index (χ4v) is 6.89. The zero-order valence-corrected chi connectivity index (χ0v) is 31.5. The van der Waals surface area contributed by atoms with Crippen LogP contribution in [-0.4, -0.2) is 99.1 Å². The molecule has 0 spiro atoms. The molecule has 0 radical (unpaired) electrons. The van der Waals surface area contributed by atoms with Crippen LogP contribution in [0.1, 0.15) is 66.1 Å². The van der Waals surface area contributed by atoms with E-state index in [1.807, 2.05) is 6.92 Å². The molecule has 4 bridgehead atoms. The number of hydrogen-bond donors (Lipinski definition) is 3. The molecule has 14 nitrogen and oxygen atoms in total. The molecule has 1 aromatic rings. The van der Waals surface area contributed by atoms with Gasteiger partial charge in [0.1, 0.15) is 46.8 Å². The normalized spacial score (nSPS) is 33.5. The number of anilines is 1. The Labute approximate surface area is 303 Å². The van der Waals surface area contributed by atoms with Gasteiger partial charge in [-0.3, -0.25) is 14.9 Å². The van der Waals surface area contributed by atoms with Crippen LogP contribution in [0.3, 0.4) is 0 Å². The highest BCUT2D eigenvalue weighted by molar-refractivity contribution is 6.35. The molecular weight excluding hydrogens is 686 g/mol. The van der Waals surface area contributed by atoms with Gasteiger partial charge in [-0.1, -0.05) is 50.6 Å². The van der Waals surface area contributed by atoms with Gasteiger partial charge in [0.2, 0.25) is 11.8 Å². The van der Waals surface area contributed by atoms with Gasteiger partial charge < -0.3 is 43.7 Å². The summed E-state index contributed by atoms with van der Waals surface area (Å²) in [4.78, 5) is 54.1. The molecular formula is C36H50ClN3O11. The number of methoxy groups -OCH3 is 3. The van der Waals surface area contributed by atoms with Crippen LogP contribution in [0.5, 0.6) is 5.75 Å². The van der Waals surface area contributed by atoms with Gasteiger partial charge in [-0.15, -0.1) is 0 Å². The van der Waals surface area contributed by atoms with Crippen molar-refractivity contribution in [2.45, 2.75) is 102 Å². The zero-order chi connectivity index (χ0) is 38.0. The van der Waals surface area contributed by atoms with Crippen molar-refractivity contribution >= 4 is 41.2 Å². The maximum absolute atomic E-state index is 14.1. The topological polar surface area (TPSA) is 174 Å². The van der Waals surface area contributed by atoms with Gasteiger partial charge in [-0.2, -0.15) is 0 Å². The number of ether oxygens (including phenoxy) is 6.